The lowest BCUT2D eigenvalue weighted by molar-refractivity contribution is 0.683. The molecule has 0 aliphatic heterocycles. The first-order chi connectivity index (χ1) is 7.11. The van der Waals surface area contributed by atoms with Gasteiger partial charge in [-0.3, -0.25) is 0 Å². The maximum absolute atomic E-state index is 8.24. The van der Waals surface area contributed by atoms with E-state index < -0.39 is 0 Å². The Hall–Kier alpha value is -1.40. The molecule has 8 heteroatoms. The molecule has 0 saturated carbocycles. The highest BCUT2D eigenvalue weighted by molar-refractivity contribution is 9.10. The topological polar surface area (TPSA) is 99.5 Å². The summed E-state index contributed by atoms with van der Waals surface area (Å²) < 4.78 is 0.339. The summed E-state index contributed by atoms with van der Waals surface area (Å²) in [7, 11) is 0. The molecule has 0 saturated heterocycles. The van der Waals surface area contributed by atoms with Crippen LogP contribution in [0.25, 0.3) is 10.4 Å². The van der Waals surface area contributed by atoms with Gasteiger partial charge < -0.3 is 5.32 Å². The van der Waals surface area contributed by atoms with Crippen molar-refractivity contribution >= 4 is 27.8 Å². The first-order valence-electron chi connectivity index (χ1n) is 4.32. The number of azide groups is 1. The first kappa shape index (κ1) is 11.7. The molecule has 1 aromatic heterocycles. The number of anilines is 1. The Balaban J connectivity index is 2.83. The van der Waals surface area contributed by atoms with E-state index >= 15 is 0 Å². The van der Waals surface area contributed by atoms with Crippen LogP contribution in [0.15, 0.2) is 9.85 Å². The summed E-state index contributed by atoms with van der Waals surface area (Å²) in [6, 6.07) is 0. The summed E-state index contributed by atoms with van der Waals surface area (Å²) in [5.41, 5.74) is 8.24. The second-order valence-electron chi connectivity index (χ2n) is 3.19. The van der Waals surface area contributed by atoms with Crippen molar-refractivity contribution in [3.63, 3.8) is 0 Å². The van der Waals surface area contributed by atoms with Crippen molar-refractivity contribution in [2.24, 2.45) is 11.0 Å². The van der Waals surface area contributed by atoms with E-state index in [0.717, 1.165) is 6.54 Å². The highest BCUT2D eigenvalue weighted by Gasteiger charge is 2.03. The lowest BCUT2D eigenvalue weighted by Crippen LogP contribution is -2.11. The summed E-state index contributed by atoms with van der Waals surface area (Å²) in [5, 5.41) is 6.31. The predicted molar refractivity (Wildman–Crippen MR) is 59.7 cm³/mol. The van der Waals surface area contributed by atoms with Gasteiger partial charge in [0.1, 0.15) is 0 Å². The molecule has 0 aromatic carbocycles. The summed E-state index contributed by atoms with van der Waals surface area (Å²) in [4.78, 5) is 14.3. The van der Waals surface area contributed by atoms with E-state index in [-0.39, 0.29) is 5.95 Å². The Labute approximate surface area is 95.1 Å². The standard InChI is InChI=1S/C7H10BrN7/c1-4(2)3-10-6-11-5(8)12-7(13-6)14-15-9/h4H,3H2,1-2H3,(H,10,11,12,13). The predicted octanol–water partition coefficient (Wildman–Crippen LogP) is 2.64. The van der Waals surface area contributed by atoms with Gasteiger partial charge in [-0.25, -0.2) is 4.98 Å². The van der Waals surface area contributed by atoms with Crippen LogP contribution in [0.1, 0.15) is 13.8 Å². The van der Waals surface area contributed by atoms with Crippen molar-refractivity contribution in [2.75, 3.05) is 11.9 Å². The lowest BCUT2D eigenvalue weighted by Gasteiger charge is -2.07. The summed E-state index contributed by atoms with van der Waals surface area (Å²) in [6.45, 7) is 4.88. The van der Waals surface area contributed by atoms with Gasteiger partial charge in [0.25, 0.3) is 0 Å². The second-order valence-corrected chi connectivity index (χ2v) is 3.90. The summed E-state index contributed by atoms with van der Waals surface area (Å²) in [6.07, 6.45) is 0. The Kier molecular flexibility index (Phi) is 4.26. The number of halogens is 1. The molecular formula is C7H10BrN7. The lowest BCUT2D eigenvalue weighted by atomic mass is 10.2. The fraction of sp³-hybridized carbons (Fsp3) is 0.571. The van der Waals surface area contributed by atoms with Gasteiger partial charge in [-0.15, -0.1) is 0 Å². The minimum atomic E-state index is 0.0469. The number of aromatic nitrogens is 3. The minimum absolute atomic E-state index is 0.0469. The van der Waals surface area contributed by atoms with Crippen LogP contribution in [0.2, 0.25) is 0 Å². The Morgan fingerprint density at radius 1 is 1.47 bits per heavy atom. The Bertz CT molecular complexity index is 385. The third kappa shape index (κ3) is 4.09. The van der Waals surface area contributed by atoms with Gasteiger partial charge in [0.15, 0.2) is 0 Å². The Morgan fingerprint density at radius 2 is 2.20 bits per heavy atom. The van der Waals surface area contributed by atoms with Crippen LogP contribution in [0.4, 0.5) is 11.9 Å². The van der Waals surface area contributed by atoms with Crippen LogP contribution in [0, 0.1) is 5.92 Å². The van der Waals surface area contributed by atoms with Crippen LogP contribution >= 0.6 is 15.9 Å². The number of rotatable bonds is 4. The van der Waals surface area contributed by atoms with Crippen LogP contribution in [0.5, 0.6) is 0 Å². The van der Waals surface area contributed by atoms with Crippen LogP contribution < -0.4 is 5.32 Å². The molecular weight excluding hydrogens is 262 g/mol. The molecule has 0 unspecified atom stereocenters. The van der Waals surface area contributed by atoms with Crippen LogP contribution in [0.3, 0.4) is 0 Å². The zero-order valence-corrected chi connectivity index (χ0v) is 9.93. The minimum Gasteiger partial charge on any atom is -0.354 e. The highest BCUT2D eigenvalue weighted by Crippen LogP contribution is 2.12. The molecule has 7 nitrogen and oxygen atoms in total. The van der Waals surface area contributed by atoms with E-state index in [1.807, 2.05) is 0 Å². The first-order valence-corrected chi connectivity index (χ1v) is 5.11. The van der Waals surface area contributed by atoms with Gasteiger partial charge in [-0.2, -0.15) is 9.97 Å². The maximum Gasteiger partial charge on any atom is 0.227 e. The van der Waals surface area contributed by atoms with Crippen molar-refractivity contribution < 1.29 is 0 Å². The second kappa shape index (κ2) is 5.47. The van der Waals surface area contributed by atoms with E-state index in [2.05, 4.69) is 60.1 Å². The van der Waals surface area contributed by atoms with E-state index in [1.54, 1.807) is 0 Å². The molecule has 1 aromatic rings. The number of hydrogen-bond acceptors (Lipinski definition) is 5. The smallest absolute Gasteiger partial charge is 0.227 e. The fourth-order valence-corrected chi connectivity index (χ4v) is 1.13. The fourth-order valence-electron chi connectivity index (χ4n) is 0.799. The number of hydrogen-bond donors (Lipinski definition) is 1. The average molecular weight is 272 g/mol. The van der Waals surface area contributed by atoms with Crippen molar-refractivity contribution in [1.29, 1.82) is 0 Å². The third-order valence-corrected chi connectivity index (χ3v) is 1.75. The molecule has 1 rings (SSSR count). The molecule has 0 radical (unpaired) electrons. The third-order valence-electron chi connectivity index (χ3n) is 1.40. The molecule has 80 valence electrons. The molecule has 1 N–H and O–H groups in total. The molecule has 0 aliphatic carbocycles. The quantitative estimate of drug-likeness (QED) is 0.517. The molecule has 15 heavy (non-hydrogen) atoms. The van der Waals surface area contributed by atoms with Crippen molar-refractivity contribution in [1.82, 2.24) is 15.0 Å². The average Bonchev–Trinajstić information content (AvgIpc) is 2.14. The van der Waals surface area contributed by atoms with Crippen molar-refractivity contribution in [3.05, 3.63) is 15.2 Å². The molecule has 0 aliphatic rings. The summed E-state index contributed by atoms with van der Waals surface area (Å²) >= 11 is 3.10. The normalized spacial score (nSPS) is 9.87. The van der Waals surface area contributed by atoms with Gasteiger partial charge in [-0.05, 0) is 32.5 Å². The Morgan fingerprint density at radius 3 is 2.80 bits per heavy atom. The monoisotopic (exact) mass is 271 g/mol. The molecule has 1 heterocycles. The van der Waals surface area contributed by atoms with Crippen LogP contribution in [-0.4, -0.2) is 21.5 Å². The van der Waals surface area contributed by atoms with E-state index in [1.165, 1.54) is 0 Å². The highest BCUT2D eigenvalue weighted by atomic mass is 79.9. The molecule has 0 bridgehead atoms. The van der Waals surface area contributed by atoms with Gasteiger partial charge in [0.2, 0.25) is 16.6 Å². The van der Waals surface area contributed by atoms with E-state index in [0.29, 0.717) is 16.6 Å². The van der Waals surface area contributed by atoms with Gasteiger partial charge in [0.05, 0.1) is 0 Å². The molecule has 0 fully saturated rings. The number of nitrogens with zero attached hydrogens (tertiary/aromatic N) is 6. The SMILES string of the molecule is CC(C)CNc1nc(Br)nc(N=[N+]=[N-])n1. The molecule has 0 atom stereocenters. The van der Waals surface area contributed by atoms with E-state index in [4.69, 9.17) is 5.53 Å². The largest absolute Gasteiger partial charge is 0.354 e. The van der Waals surface area contributed by atoms with Gasteiger partial charge in [-0.1, -0.05) is 13.8 Å². The molecule has 0 spiro atoms. The van der Waals surface area contributed by atoms with Crippen molar-refractivity contribution in [2.45, 2.75) is 13.8 Å². The summed E-state index contributed by atoms with van der Waals surface area (Å²) in [5.74, 6) is 0.919. The maximum atomic E-state index is 8.24. The van der Waals surface area contributed by atoms with Gasteiger partial charge >= 0.3 is 0 Å². The zero-order chi connectivity index (χ0) is 11.3. The number of nitrogens with one attached hydrogen (secondary N) is 1. The van der Waals surface area contributed by atoms with Crippen LogP contribution in [-0.2, 0) is 0 Å². The van der Waals surface area contributed by atoms with Gasteiger partial charge in [0, 0.05) is 11.5 Å². The molecule has 0 amide bonds. The van der Waals surface area contributed by atoms with Crippen molar-refractivity contribution in [3.8, 4) is 0 Å². The zero-order valence-electron chi connectivity index (χ0n) is 8.35. The van der Waals surface area contributed by atoms with E-state index in [9.17, 15) is 0 Å².